The van der Waals surface area contributed by atoms with Gasteiger partial charge in [-0.05, 0) is 19.4 Å². The molecule has 0 saturated carbocycles. The zero-order valence-electron chi connectivity index (χ0n) is 19.2. The summed E-state index contributed by atoms with van der Waals surface area (Å²) in [6.07, 6.45) is -0.723. The van der Waals surface area contributed by atoms with Crippen LogP contribution < -0.4 is 5.32 Å². The van der Waals surface area contributed by atoms with Crippen LogP contribution in [0.4, 0.5) is 4.79 Å². The summed E-state index contributed by atoms with van der Waals surface area (Å²) in [6.45, 7) is 3.07. The number of carbonyl (C=O) groups excluding carboxylic acids is 3. The third-order valence-electron chi connectivity index (χ3n) is 5.38. The minimum Gasteiger partial charge on any atom is -0.465 e. The number of hydrogen-bond donors (Lipinski definition) is 1. The van der Waals surface area contributed by atoms with Crippen molar-refractivity contribution in [1.29, 1.82) is 0 Å². The molecule has 1 aromatic carbocycles. The number of piperazine rings is 1. The maximum Gasteiger partial charge on any atom is 0.407 e. The number of methoxy groups -OCH3 is 1. The van der Waals surface area contributed by atoms with Crippen molar-refractivity contribution in [2.45, 2.75) is 25.3 Å². The van der Waals surface area contributed by atoms with Gasteiger partial charge in [0.25, 0.3) is 0 Å². The van der Waals surface area contributed by atoms with Crippen LogP contribution in [0.5, 0.6) is 0 Å². The number of esters is 1. The highest BCUT2D eigenvalue weighted by molar-refractivity contribution is 7.89. The number of ether oxygens (including phenoxy) is 2. The molecule has 1 aliphatic rings. The SMILES string of the molecule is COC(=O)c1c(C)oc(C)c1S(=O)(=O)N1CCN(C(=O)CNC(=O)OCc2ccccc2)CC1. The number of alkyl carbamates (subject to hydrolysis) is 1. The molecular weight excluding hydrogens is 466 g/mol. The number of carbonyl (C=O) groups is 3. The van der Waals surface area contributed by atoms with Crippen LogP contribution in [0.15, 0.2) is 39.6 Å². The maximum absolute atomic E-state index is 13.2. The summed E-state index contributed by atoms with van der Waals surface area (Å²) in [6, 6.07) is 9.12. The highest BCUT2D eigenvalue weighted by Crippen LogP contribution is 2.30. The summed E-state index contributed by atoms with van der Waals surface area (Å²) in [5.41, 5.74) is 0.691. The second-order valence-electron chi connectivity index (χ2n) is 7.61. The molecule has 11 nitrogen and oxygen atoms in total. The second kappa shape index (κ2) is 10.7. The highest BCUT2D eigenvalue weighted by atomic mass is 32.2. The summed E-state index contributed by atoms with van der Waals surface area (Å²) in [5, 5.41) is 2.41. The van der Waals surface area contributed by atoms with Crippen LogP contribution in [0.3, 0.4) is 0 Å². The predicted molar refractivity (Wildman–Crippen MR) is 119 cm³/mol. The molecule has 0 spiro atoms. The molecular formula is C22H27N3O8S. The highest BCUT2D eigenvalue weighted by Gasteiger charge is 2.37. The molecule has 2 amide bonds. The van der Waals surface area contributed by atoms with E-state index in [1.165, 1.54) is 23.1 Å². The quantitative estimate of drug-likeness (QED) is 0.573. The second-order valence-corrected chi connectivity index (χ2v) is 9.49. The van der Waals surface area contributed by atoms with Crippen molar-refractivity contribution in [3.63, 3.8) is 0 Å². The Morgan fingerprint density at radius 2 is 1.68 bits per heavy atom. The van der Waals surface area contributed by atoms with Gasteiger partial charge in [-0.2, -0.15) is 4.31 Å². The number of hydrogen-bond acceptors (Lipinski definition) is 8. The molecule has 1 fully saturated rings. The Hall–Kier alpha value is -3.38. The zero-order valence-corrected chi connectivity index (χ0v) is 20.0. The van der Waals surface area contributed by atoms with Crippen molar-refractivity contribution < 1.29 is 36.7 Å². The van der Waals surface area contributed by atoms with E-state index in [2.05, 4.69) is 5.32 Å². The first kappa shape index (κ1) is 25.2. The number of nitrogens with zero attached hydrogens (tertiary/aromatic N) is 2. The molecule has 34 heavy (non-hydrogen) atoms. The van der Waals surface area contributed by atoms with Crippen molar-refractivity contribution in [3.8, 4) is 0 Å². The van der Waals surface area contributed by atoms with Crippen molar-refractivity contribution in [2.24, 2.45) is 0 Å². The third-order valence-corrected chi connectivity index (χ3v) is 7.43. The first-order valence-electron chi connectivity index (χ1n) is 10.6. The van der Waals surface area contributed by atoms with E-state index in [9.17, 15) is 22.8 Å². The van der Waals surface area contributed by atoms with Gasteiger partial charge < -0.3 is 24.1 Å². The lowest BCUT2D eigenvalue weighted by atomic mass is 10.2. The Labute approximate surface area is 197 Å². The van der Waals surface area contributed by atoms with Crippen LogP contribution in [0, 0.1) is 13.8 Å². The molecule has 3 rings (SSSR count). The van der Waals surface area contributed by atoms with Gasteiger partial charge in [0.2, 0.25) is 15.9 Å². The molecule has 0 aliphatic carbocycles. The maximum atomic E-state index is 13.2. The fourth-order valence-electron chi connectivity index (χ4n) is 3.65. The van der Waals surface area contributed by atoms with Gasteiger partial charge in [0.1, 0.15) is 35.1 Å². The Kier molecular flexibility index (Phi) is 7.94. The van der Waals surface area contributed by atoms with Gasteiger partial charge in [0, 0.05) is 26.2 Å². The largest absolute Gasteiger partial charge is 0.465 e. The van der Waals surface area contributed by atoms with Crippen molar-refractivity contribution in [2.75, 3.05) is 39.8 Å². The number of aryl methyl sites for hydroxylation is 2. The normalized spacial score (nSPS) is 14.5. The first-order chi connectivity index (χ1) is 16.1. The smallest absolute Gasteiger partial charge is 0.407 e. The van der Waals surface area contributed by atoms with Crippen LogP contribution in [-0.2, 0) is 30.9 Å². The fourth-order valence-corrected chi connectivity index (χ4v) is 5.44. The monoisotopic (exact) mass is 493 g/mol. The van der Waals surface area contributed by atoms with Gasteiger partial charge in [0.15, 0.2) is 0 Å². The van der Waals surface area contributed by atoms with Crippen LogP contribution in [0.1, 0.15) is 27.4 Å². The third kappa shape index (κ3) is 5.57. The van der Waals surface area contributed by atoms with Crippen LogP contribution in [0.2, 0.25) is 0 Å². The molecule has 1 aliphatic heterocycles. The summed E-state index contributed by atoms with van der Waals surface area (Å²) in [7, 11) is -2.89. The number of amides is 2. The van der Waals surface area contributed by atoms with Gasteiger partial charge >= 0.3 is 12.1 Å². The number of benzene rings is 1. The standard InChI is InChI=1S/C22H27N3O8S/c1-15-19(21(27)31-3)20(16(2)33-15)34(29,30)25-11-9-24(10-12-25)18(26)13-23-22(28)32-14-17-7-5-4-6-8-17/h4-8H,9-14H2,1-3H3,(H,23,28). The Balaban J connectivity index is 1.54. The average Bonchev–Trinajstić information content (AvgIpc) is 3.15. The molecule has 0 atom stereocenters. The topological polar surface area (TPSA) is 135 Å². The zero-order chi connectivity index (χ0) is 24.9. The van der Waals surface area contributed by atoms with E-state index in [0.29, 0.717) is 0 Å². The lowest BCUT2D eigenvalue weighted by Crippen LogP contribution is -2.52. The molecule has 1 N–H and O–H groups in total. The summed E-state index contributed by atoms with van der Waals surface area (Å²) in [4.78, 5) is 37.7. The Bertz CT molecular complexity index is 1150. The van der Waals surface area contributed by atoms with Gasteiger partial charge in [-0.3, -0.25) is 4.79 Å². The van der Waals surface area contributed by atoms with Gasteiger partial charge in [-0.15, -0.1) is 0 Å². The average molecular weight is 494 g/mol. The number of sulfonamides is 1. The summed E-state index contributed by atoms with van der Waals surface area (Å²) in [5.74, 6) is -0.914. The van der Waals surface area contributed by atoms with Crippen molar-refractivity contribution in [1.82, 2.24) is 14.5 Å². The van der Waals surface area contributed by atoms with Crippen molar-refractivity contribution in [3.05, 3.63) is 53.0 Å². The van der Waals surface area contributed by atoms with E-state index >= 15 is 0 Å². The van der Waals surface area contributed by atoms with E-state index < -0.39 is 22.1 Å². The Morgan fingerprint density at radius 1 is 1.03 bits per heavy atom. The van der Waals surface area contributed by atoms with Crippen LogP contribution in [-0.4, -0.2) is 75.4 Å². The predicted octanol–water partition coefficient (Wildman–Crippen LogP) is 1.44. The van der Waals surface area contributed by atoms with E-state index in [0.717, 1.165) is 12.7 Å². The number of rotatable bonds is 7. The molecule has 12 heteroatoms. The lowest BCUT2D eigenvalue weighted by molar-refractivity contribution is -0.131. The molecule has 2 heterocycles. The van der Waals surface area contributed by atoms with Crippen LogP contribution in [0.25, 0.3) is 0 Å². The molecule has 0 unspecified atom stereocenters. The Morgan fingerprint density at radius 3 is 2.29 bits per heavy atom. The summed E-state index contributed by atoms with van der Waals surface area (Å²) < 4.78 is 42.8. The number of furan rings is 1. The molecule has 184 valence electrons. The molecule has 1 aromatic heterocycles. The van der Waals surface area contributed by atoms with Gasteiger partial charge in [0.05, 0.1) is 7.11 Å². The lowest BCUT2D eigenvalue weighted by Gasteiger charge is -2.34. The van der Waals surface area contributed by atoms with E-state index in [4.69, 9.17) is 13.9 Å². The van der Waals surface area contributed by atoms with E-state index in [-0.39, 0.29) is 67.2 Å². The van der Waals surface area contributed by atoms with Crippen molar-refractivity contribution >= 4 is 28.0 Å². The van der Waals surface area contributed by atoms with E-state index in [1.807, 2.05) is 30.3 Å². The van der Waals surface area contributed by atoms with Gasteiger partial charge in [-0.25, -0.2) is 18.0 Å². The van der Waals surface area contributed by atoms with E-state index in [1.54, 1.807) is 0 Å². The summed E-state index contributed by atoms with van der Waals surface area (Å²) >= 11 is 0. The first-order valence-corrected chi connectivity index (χ1v) is 12.0. The van der Waals surface area contributed by atoms with Gasteiger partial charge in [-0.1, -0.05) is 30.3 Å². The van der Waals surface area contributed by atoms with Crippen LogP contribution >= 0.6 is 0 Å². The minimum absolute atomic E-state index is 0.0246. The molecule has 0 bridgehead atoms. The molecule has 2 aromatic rings. The number of nitrogens with one attached hydrogen (secondary N) is 1. The fraction of sp³-hybridized carbons (Fsp3) is 0.409. The minimum atomic E-state index is -4.06. The molecule has 1 saturated heterocycles. The molecule has 0 radical (unpaired) electrons.